The molecule has 1 saturated heterocycles. The number of nitrogens with one attached hydrogen (secondary N) is 2. The van der Waals surface area contributed by atoms with Crippen LogP contribution in [0.5, 0.6) is 5.75 Å². The molecule has 2 aromatic carbocycles. The SMILES string of the molecule is CN=C(NCc1cccc(Cl)c1)NCC1(c2cc(C)ccc2OC)CCOCC1.I. The highest BCUT2D eigenvalue weighted by Gasteiger charge is 2.37. The minimum absolute atomic E-state index is 0. The van der Waals surface area contributed by atoms with Crippen molar-refractivity contribution < 1.29 is 9.47 Å². The average Bonchev–Trinajstić information content (AvgIpc) is 2.74. The molecule has 30 heavy (non-hydrogen) atoms. The number of rotatable bonds is 6. The van der Waals surface area contributed by atoms with Gasteiger partial charge in [-0.05, 0) is 43.5 Å². The molecule has 2 N–H and O–H groups in total. The van der Waals surface area contributed by atoms with Gasteiger partial charge in [0, 0.05) is 49.4 Å². The fraction of sp³-hybridized carbons (Fsp3) is 0.435. The summed E-state index contributed by atoms with van der Waals surface area (Å²) in [5.74, 6) is 1.70. The second-order valence-electron chi connectivity index (χ2n) is 7.51. The molecule has 0 bridgehead atoms. The van der Waals surface area contributed by atoms with E-state index >= 15 is 0 Å². The Kier molecular flexibility index (Phi) is 9.71. The summed E-state index contributed by atoms with van der Waals surface area (Å²) >= 11 is 6.09. The molecule has 0 amide bonds. The third-order valence-corrected chi connectivity index (χ3v) is 5.78. The average molecular weight is 544 g/mol. The first-order valence-electron chi connectivity index (χ1n) is 9.98. The maximum Gasteiger partial charge on any atom is 0.191 e. The third kappa shape index (κ3) is 6.25. The van der Waals surface area contributed by atoms with E-state index < -0.39 is 0 Å². The number of aliphatic imine (C=N–C) groups is 1. The summed E-state index contributed by atoms with van der Waals surface area (Å²) < 4.78 is 11.4. The molecule has 2 aromatic rings. The van der Waals surface area contributed by atoms with Gasteiger partial charge < -0.3 is 20.1 Å². The number of nitrogens with zero attached hydrogens (tertiary/aromatic N) is 1. The van der Waals surface area contributed by atoms with Crippen LogP contribution in [0.4, 0.5) is 0 Å². The van der Waals surface area contributed by atoms with Crippen molar-refractivity contribution in [2.45, 2.75) is 31.7 Å². The number of benzene rings is 2. The largest absolute Gasteiger partial charge is 0.496 e. The molecule has 7 heteroatoms. The van der Waals surface area contributed by atoms with Crippen LogP contribution in [0.2, 0.25) is 5.02 Å². The normalized spacial score (nSPS) is 15.8. The van der Waals surface area contributed by atoms with Gasteiger partial charge in [-0.25, -0.2) is 0 Å². The Balaban J connectivity index is 0.00000320. The van der Waals surface area contributed by atoms with Crippen LogP contribution in [0.3, 0.4) is 0 Å². The lowest BCUT2D eigenvalue weighted by Crippen LogP contribution is -2.48. The van der Waals surface area contributed by atoms with E-state index in [1.807, 2.05) is 24.3 Å². The van der Waals surface area contributed by atoms with E-state index in [9.17, 15) is 0 Å². The molecule has 164 valence electrons. The molecule has 1 aliphatic heterocycles. The van der Waals surface area contributed by atoms with E-state index in [1.54, 1.807) is 14.2 Å². The molecule has 0 unspecified atom stereocenters. The van der Waals surface area contributed by atoms with Crippen molar-refractivity contribution in [3.63, 3.8) is 0 Å². The number of methoxy groups -OCH3 is 1. The standard InChI is InChI=1S/C23H30ClN3O2.HI/c1-17-7-8-21(28-3)20(13-17)23(9-11-29-12-10-23)16-27-22(25-2)26-15-18-5-4-6-19(24)14-18;/h4-8,13-14H,9-12,15-16H2,1-3H3,(H2,25,26,27);1H. The third-order valence-electron chi connectivity index (χ3n) is 5.54. The van der Waals surface area contributed by atoms with Crippen LogP contribution in [0.25, 0.3) is 0 Å². The maximum atomic E-state index is 6.09. The van der Waals surface area contributed by atoms with Crippen molar-refractivity contribution in [3.8, 4) is 5.75 Å². The second kappa shape index (κ2) is 11.8. The molecule has 3 rings (SSSR count). The Morgan fingerprint density at radius 2 is 1.93 bits per heavy atom. The monoisotopic (exact) mass is 543 g/mol. The van der Waals surface area contributed by atoms with Crippen molar-refractivity contribution >= 4 is 41.5 Å². The van der Waals surface area contributed by atoms with Crippen molar-refractivity contribution in [1.82, 2.24) is 10.6 Å². The molecule has 1 fully saturated rings. The number of halogens is 2. The van der Waals surface area contributed by atoms with E-state index in [-0.39, 0.29) is 29.4 Å². The Bertz CT molecular complexity index is 854. The van der Waals surface area contributed by atoms with Crippen LogP contribution >= 0.6 is 35.6 Å². The Morgan fingerprint density at radius 3 is 2.60 bits per heavy atom. The quantitative estimate of drug-likeness (QED) is 0.315. The highest BCUT2D eigenvalue weighted by molar-refractivity contribution is 14.0. The number of hydrogen-bond acceptors (Lipinski definition) is 3. The highest BCUT2D eigenvalue weighted by atomic mass is 127. The highest BCUT2D eigenvalue weighted by Crippen LogP contribution is 2.40. The van der Waals surface area contributed by atoms with Crippen LogP contribution in [-0.4, -0.2) is 39.9 Å². The van der Waals surface area contributed by atoms with Gasteiger partial charge in [-0.3, -0.25) is 4.99 Å². The lowest BCUT2D eigenvalue weighted by molar-refractivity contribution is 0.0505. The number of guanidine groups is 1. The smallest absolute Gasteiger partial charge is 0.191 e. The van der Waals surface area contributed by atoms with Gasteiger partial charge in [-0.15, -0.1) is 24.0 Å². The lowest BCUT2D eigenvalue weighted by Gasteiger charge is -2.39. The molecule has 0 saturated carbocycles. The number of hydrogen-bond donors (Lipinski definition) is 2. The van der Waals surface area contributed by atoms with E-state index in [0.717, 1.165) is 54.9 Å². The maximum absolute atomic E-state index is 6.09. The van der Waals surface area contributed by atoms with Gasteiger partial charge >= 0.3 is 0 Å². The second-order valence-corrected chi connectivity index (χ2v) is 7.94. The van der Waals surface area contributed by atoms with Gasteiger partial charge in [-0.1, -0.05) is 41.4 Å². The molecule has 0 aromatic heterocycles. The first kappa shape index (κ1) is 24.8. The van der Waals surface area contributed by atoms with Crippen LogP contribution in [-0.2, 0) is 16.7 Å². The zero-order chi connectivity index (χ0) is 20.7. The molecular weight excluding hydrogens is 513 g/mol. The minimum Gasteiger partial charge on any atom is -0.496 e. The topological polar surface area (TPSA) is 54.9 Å². The zero-order valence-electron chi connectivity index (χ0n) is 17.8. The predicted octanol–water partition coefficient (Wildman–Crippen LogP) is 4.69. The van der Waals surface area contributed by atoms with Crippen LogP contribution in [0, 0.1) is 6.92 Å². The Hall–Kier alpha value is -1.51. The summed E-state index contributed by atoms with van der Waals surface area (Å²) in [7, 11) is 3.53. The Morgan fingerprint density at radius 1 is 1.17 bits per heavy atom. The zero-order valence-corrected chi connectivity index (χ0v) is 20.9. The fourth-order valence-electron chi connectivity index (χ4n) is 3.85. The molecule has 0 aliphatic carbocycles. The number of ether oxygens (including phenoxy) is 2. The summed E-state index contributed by atoms with van der Waals surface area (Å²) in [6.07, 6.45) is 1.87. The van der Waals surface area contributed by atoms with Gasteiger partial charge in [0.05, 0.1) is 7.11 Å². The van der Waals surface area contributed by atoms with Crippen LogP contribution < -0.4 is 15.4 Å². The van der Waals surface area contributed by atoms with E-state index in [1.165, 1.54) is 11.1 Å². The van der Waals surface area contributed by atoms with Crippen molar-refractivity contribution in [1.29, 1.82) is 0 Å². The van der Waals surface area contributed by atoms with E-state index in [2.05, 4.69) is 40.7 Å². The molecular formula is C23H31ClIN3O2. The first-order valence-corrected chi connectivity index (χ1v) is 10.4. The minimum atomic E-state index is -0.0662. The van der Waals surface area contributed by atoms with Gasteiger partial charge in [0.1, 0.15) is 5.75 Å². The summed E-state index contributed by atoms with van der Waals surface area (Å²) in [5.41, 5.74) is 3.52. The summed E-state index contributed by atoms with van der Waals surface area (Å²) in [6, 6.07) is 14.2. The lowest BCUT2D eigenvalue weighted by atomic mass is 9.73. The number of aryl methyl sites for hydroxylation is 1. The van der Waals surface area contributed by atoms with Crippen molar-refractivity contribution in [2.75, 3.05) is 33.9 Å². The molecule has 1 heterocycles. The Labute approximate surface area is 201 Å². The van der Waals surface area contributed by atoms with Gasteiger partial charge in [-0.2, -0.15) is 0 Å². The first-order chi connectivity index (χ1) is 14.1. The summed E-state index contributed by atoms with van der Waals surface area (Å²) in [4.78, 5) is 4.39. The summed E-state index contributed by atoms with van der Waals surface area (Å²) in [6.45, 7) is 5.02. The van der Waals surface area contributed by atoms with Crippen molar-refractivity contribution in [3.05, 3.63) is 64.2 Å². The summed E-state index contributed by atoms with van der Waals surface area (Å²) in [5, 5.41) is 7.64. The molecule has 0 spiro atoms. The van der Waals surface area contributed by atoms with Gasteiger partial charge in [0.25, 0.3) is 0 Å². The van der Waals surface area contributed by atoms with Crippen LogP contribution in [0.1, 0.15) is 29.5 Å². The predicted molar refractivity (Wildman–Crippen MR) is 135 cm³/mol. The van der Waals surface area contributed by atoms with E-state index in [0.29, 0.717) is 6.54 Å². The fourth-order valence-corrected chi connectivity index (χ4v) is 4.06. The van der Waals surface area contributed by atoms with E-state index in [4.69, 9.17) is 21.1 Å². The van der Waals surface area contributed by atoms with Gasteiger partial charge in [0.2, 0.25) is 0 Å². The molecule has 1 aliphatic rings. The van der Waals surface area contributed by atoms with Crippen LogP contribution in [0.15, 0.2) is 47.5 Å². The molecule has 0 atom stereocenters. The molecule has 0 radical (unpaired) electrons. The van der Waals surface area contributed by atoms with Gasteiger partial charge in [0.15, 0.2) is 5.96 Å². The van der Waals surface area contributed by atoms with Crippen molar-refractivity contribution in [2.24, 2.45) is 4.99 Å². The molecule has 5 nitrogen and oxygen atoms in total.